The Morgan fingerprint density at radius 1 is 1.39 bits per heavy atom. The number of hydrogen-bond acceptors (Lipinski definition) is 6. The Balaban J connectivity index is 4.96. The molecule has 102 valence electrons. The van der Waals surface area contributed by atoms with Crippen molar-refractivity contribution < 1.29 is 19.1 Å². The maximum Gasteiger partial charge on any atom is 0.345 e. The fourth-order valence-corrected chi connectivity index (χ4v) is 1.03. The summed E-state index contributed by atoms with van der Waals surface area (Å²) in [5, 5.41) is 9.88. The summed E-state index contributed by atoms with van der Waals surface area (Å²) in [5.74, 6) is -0.291. The molecule has 0 saturated heterocycles. The van der Waals surface area contributed by atoms with Gasteiger partial charge in [0.15, 0.2) is 0 Å². The van der Waals surface area contributed by atoms with Crippen molar-refractivity contribution in [3.63, 3.8) is 0 Å². The molecule has 0 fully saturated rings. The lowest BCUT2D eigenvalue weighted by Gasteiger charge is -2.15. The van der Waals surface area contributed by atoms with Crippen LogP contribution in [0.3, 0.4) is 0 Å². The third-order valence-electron chi connectivity index (χ3n) is 1.79. The molecule has 0 aromatic heterocycles. The lowest BCUT2D eigenvalue weighted by atomic mass is 10.2. The molecule has 0 unspecified atom stereocenters. The molecule has 6 heteroatoms. The van der Waals surface area contributed by atoms with E-state index in [0.717, 1.165) is 6.21 Å². The molecule has 18 heavy (non-hydrogen) atoms. The van der Waals surface area contributed by atoms with Gasteiger partial charge in [-0.3, -0.25) is 0 Å². The first-order chi connectivity index (χ1) is 8.56. The second-order valence-corrected chi connectivity index (χ2v) is 3.86. The van der Waals surface area contributed by atoms with Crippen LogP contribution in [0.15, 0.2) is 11.5 Å². The highest BCUT2D eigenvalue weighted by atomic mass is 16.5. The molecule has 0 aromatic rings. The number of esters is 1. The van der Waals surface area contributed by atoms with Gasteiger partial charge in [-0.15, -0.1) is 0 Å². The van der Waals surface area contributed by atoms with Crippen molar-refractivity contribution >= 4 is 18.5 Å². The molecule has 0 aliphatic heterocycles. The predicted octanol–water partition coefficient (Wildman–Crippen LogP) is 0.872. The molecule has 2 N–H and O–H groups in total. The summed E-state index contributed by atoms with van der Waals surface area (Å²) in [6.07, 6.45) is 1.50. The van der Waals surface area contributed by atoms with E-state index in [1.165, 1.54) is 0 Å². The molecule has 6 nitrogen and oxygen atoms in total. The smallest absolute Gasteiger partial charge is 0.345 e. The van der Waals surface area contributed by atoms with Crippen molar-refractivity contribution in [2.75, 3.05) is 19.8 Å². The zero-order valence-electron chi connectivity index (χ0n) is 11.0. The second-order valence-electron chi connectivity index (χ2n) is 3.86. The molecule has 0 radical (unpaired) electrons. The zero-order chi connectivity index (χ0) is 14.0. The largest absolute Gasteiger partial charge is 0.478 e. The lowest BCUT2D eigenvalue weighted by Crippen LogP contribution is -2.25. The van der Waals surface area contributed by atoms with E-state index in [1.54, 1.807) is 6.92 Å². The van der Waals surface area contributed by atoms with Crippen LogP contribution in [0.4, 0.5) is 0 Å². The van der Waals surface area contributed by atoms with Crippen molar-refractivity contribution in [1.82, 2.24) is 5.32 Å². The van der Waals surface area contributed by atoms with Gasteiger partial charge in [-0.1, -0.05) is 13.8 Å². The first kappa shape index (κ1) is 16.1. The molecule has 0 aliphatic carbocycles. The molecule has 0 heterocycles. The maximum absolute atomic E-state index is 11.6. The number of carbonyl (C=O) groups is 2. The third-order valence-corrected chi connectivity index (χ3v) is 1.79. The number of nitrogens with one attached hydrogen (secondary N) is 2. The average molecular weight is 256 g/mol. The molecule has 0 bridgehead atoms. The van der Waals surface area contributed by atoms with E-state index in [0.29, 0.717) is 12.9 Å². The van der Waals surface area contributed by atoms with Gasteiger partial charge in [0.1, 0.15) is 11.9 Å². The lowest BCUT2D eigenvalue weighted by molar-refractivity contribution is -0.138. The normalized spacial score (nSPS) is 11.6. The zero-order valence-corrected chi connectivity index (χ0v) is 11.0. The topological polar surface area (TPSA) is 88.5 Å². The summed E-state index contributed by atoms with van der Waals surface area (Å²) < 4.78 is 10.2. The summed E-state index contributed by atoms with van der Waals surface area (Å²) >= 11 is 0. The third kappa shape index (κ3) is 6.03. The molecule has 0 spiro atoms. The summed E-state index contributed by atoms with van der Waals surface area (Å²) in [5.41, 5.74) is -0.0284. The highest BCUT2D eigenvalue weighted by Crippen LogP contribution is 2.06. The first-order valence-corrected chi connectivity index (χ1v) is 5.78. The summed E-state index contributed by atoms with van der Waals surface area (Å²) in [4.78, 5) is 21.9. The van der Waals surface area contributed by atoms with Gasteiger partial charge in [0.2, 0.25) is 5.88 Å². The minimum atomic E-state index is -0.648. The van der Waals surface area contributed by atoms with Crippen LogP contribution in [0.5, 0.6) is 0 Å². The number of hydrogen-bond donors (Lipinski definition) is 2. The van der Waals surface area contributed by atoms with Crippen molar-refractivity contribution in [1.29, 1.82) is 5.41 Å². The van der Waals surface area contributed by atoms with E-state index in [4.69, 9.17) is 14.9 Å². The van der Waals surface area contributed by atoms with Crippen LogP contribution >= 0.6 is 0 Å². The van der Waals surface area contributed by atoms with Crippen molar-refractivity contribution in [2.45, 2.75) is 20.8 Å². The van der Waals surface area contributed by atoms with Gasteiger partial charge in [0.05, 0.1) is 19.8 Å². The average Bonchev–Trinajstić information content (AvgIpc) is 2.32. The van der Waals surface area contributed by atoms with E-state index < -0.39 is 5.97 Å². The maximum atomic E-state index is 11.6. The minimum absolute atomic E-state index is 0.00414. The van der Waals surface area contributed by atoms with Gasteiger partial charge in [0.25, 0.3) is 0 Å². The van der Waals surface area contributed by atoms with Gasteiger partial charge in [-0.2, -0.15) is 0 Å². The van der Waals surface area contributed by atoms with E-state index in [1.807, 2.05) is 13.8 Å². The molecule has 0 amide bonds. The van der Waals surface area contributed by atoms with E-state index in [-0.39, 0.29) is 30.5 Å². The van der Waals surface area contributed by atoms with Crippen molar-refractivity contribution in [3.8, 4) is 0 Å². The molecule has 0 saturated carbocycles. The molecule has 0 aromatic carbocycles. The van der Waals surface area contributed by atoms with Crippen LogP contribution in [-0.4, -0.2) is 38.2 Å². The van der Waals surface area contributed by atoms with Gasteiger partial charge in [-0.05, 0) is 12.8 Å². The monoisotopic (exact) mass is 256 g/mol. The molecule has 0 aliphatic rings. The van der Waals surface area contributed by atoms with E-state index in [2.05, 4.69) is 5.32 Å². The second kappa shape index (κ2) is 9.21. The van der Waals surface area contributed by atoms with Crippen molar-refractivity contribution in [3.05, 3.63) is 11.5 Å². The molecular weight excluding hydrogens is 236 g/mol. The van der Waals surface area contributed by atoms with Gasteiger partial charge in [0, 0.05) is 6.21 Å². The highest BCUT2D eigenvalue weighted by molar-refractivity contribution is 6.08. The molecule has 0 atom stereocenters. The quantitative estimate of drug-likeness (QED) is 0.210. The van der Waals surface area contributed by atoms with Crippen LogP contribution in [0.1, 0.15) is 20.8 Å². The summed E-state index contributed by atoms with van der Waals surface area (Å²) in [6.45, 7) is 6.16. The number of rotatable bonds is 9. The molecule has 0 rings (SSSR count). The highest BCUT2D eigenvalue weighted by Gasteiger charge is 2.16. The standard InChI is InChI=1S/C12H20N2O4/c1-4-17-12(16)10(7-13)11(14-5-6-15)18-8-9(2)3/h6-7,9,13-14H,4-5,8H2,1-3H3/b11-10-,13-7?. The van der Waals surface area contributed by atoms with Crippen LogP contribution in [0.2, 0.25) is 0 Å². The summed E-state index contributed by atoms with van der Waals surface area (Å²) in [7, 11) is 0. The van der Waals surface area contributed by atoms with Gasteiger partial charge in [-0.25, -0.2) is 4.79 Å². The molecular formula is C12H20N2O4. The van der Waals surface area contributed by atoms with Crippen LogP contribution in [-0.2, 0) is 19.1 Å². The van der Waals surface area contributed by atoms with Crippen LogP contribution < -0.4 is 5.32 Å². The van der Waals surface area contributed by atoms with Gasteiger partial charge >= 0.3 is 5.97 Å². The SMILES string of the molecule is CCOC(=O)/C(C=N)=C(/NCC=O)OCC(C)C. The predicted molar refractivity (Wildman–Crippen MR) is 67.3 cm³/mol. The van der Waals surface area contributed by atoms with Crippen molar-refractivity contribution in [2.24, 2.45) is 5.92 Å². The fourth-order valence-electron chi connectivity index (χ4n) is 1.03. The van der Waals surface area contributed by atoms with E-state index in [9.17, 15) is 9.59 Å². The Kier molecular flexibility index (Phi) is 8.26. The number of carbonyl (C=O) groups excluding carboxylic acids is 2. The number of aldehydes is 1. The Hall–Kier alpha value is -1.85. The van der Waals surface area contributed by atoms with E-state index >= 15 is 0 Å². The number of ether oxygens (including phenoxy) is 2. The Morgan fingerprint density at radius 2 is 2.06 bits per heavy atom. The fraction of sp³-hybridized carbons (Fsp3) is 0.583. The minimum Gasteiger partial charge on any atom is -0.478 e. The van der Waals surface area contributed by atoms with Crippen LogP contribution in [0.25, 0.3) is 0 Å². The summed E-state index contributed by atoms with van der Waals surface area (Å²) in [6, 6.07) is 0. The Labute approximate surface area is 107 Å². The Bertz CT molecular complexity index is 324. The van der Waals surface area contributed by atoms with Crippen LogP contribution in [0, 0.1) is 11.3 Å². The Morgan fingerprint density at radius 3 is 2.50 bits per heavy atom. The van der Waals surface area contributed by atoms with Gasteiger partial charge < -0.3 is 25.0 Å². The first-order valence-electron chi connectivity index (χ1n) is 5.78.